The van der Waals surface area contributed by atoms with Gasteiger partial charge in [-0.15, -0.1) is 11.3 Å². The summed E-state index contributed by atoms with van der Waals surface area (Å²) in [6, 6.07) is 0.869. The molecular weight excluding hydrogens is 436 g/mol. The number of carboxylic acids is 1. The van der Waals surface area contributed by atoms with Crippen LogP contribution in [0.25, 0.3) is 0 Å². The first-order valence-electron chi connectivity index (χ1n) is 11.4. The number of carboxylic acid groups (broad SMARTS) is 1. The molecule has 3 atom stereocenters. The zero-order chi connectivity index (χ0) is 25.1. The predicted octanol–water partition coefficient (Wildman–Crippen LogP) is 5.04. The summed E-state index contributed by atoms with van der Waals surface area (Å²) < 4.78 is 0. The molecule has 1 aromatic rings. The highest BCUT2D eigenvalue weighted by atomic mass is 32.1. The number of thiophene rings is 1. The second kappa shape index (κ2) is 10.6. The molecule has 7 heteroatoms. The molecular formula is C26H36N2O4S. The Balaban J connectivity index is 2.68. The number of hydrogen-bond acceptors (Lipinski definition) is 4. The number of amides is 2. The minimum absolute atomic E-state index is 0.0294. The summed E-state index contributed by atoms with van der Waals surface area (Å²) in [5.41, 5.74) is 1.25. The molecule has 2 rings (SSSR count). The van der Waals surface area contributed by atoms with Crippen molar-refractivity contribution < 1.29 is 19.5 Å². The Morgan fingerprint density at radius 1 is 1.27 bits per heavy atom. The summed E-state index contributed by atoms with van der Waals surface area (Å²) in [4.78, 5) is 42.7. The number of allylic oxidation sites excluding steroid dienone is 2. The van der Waals surface area contributed by atoms with Crippen molar-refractivity contribution in [3.05, 3.63) is 27.5 Å². The van der Waals surface area contributed by atoms with E-state index in [-0.39, 0.29) is 39.6 Å². The van der Waals surface area contributed by atoms with Crippen molar-refractivity contribution in [3.8, 4) is 11.8 Å². The molecule has 1 aromatic heterocycles. The number of hydrogen-bond donors (Lipinski definition) is 1. The van der Waals surface area contributed by atoms with Crippen molar-refractivity contribution in [1.29, 1.82) is 0 Å². The first-order valence-corrected chi connectivity index (χ1v) is 12.2. The molecule has 0 radical (unpaired) electrons. The highest BCUT2D eigenvalue weighted by Gasteiger charge is 2.39. The number of aromatic carboxylic acids is 1. The van der Waals surface area contributed by atoms with Crippen LogP contribution in [0, 0.1) is 29.1 Å². The van der Waals surface area contributed by atoms with Crippen molar-refractivity contribution in [2.75, 3.05) is 19.0 Å². The van der Waals surface area contributed by atoms with Crippen LogP contribution in [0.15, 0.2) is 17.7 Å². The normalized spacial score (nSPS) is 19.1. The maximum atomic E-state index is 13.9. The second-order valence-corrected chi connectivity index (χ2v) is 11.1. The molecule has 1 aliphatic rings. The van der Waals surface area contributed by atoms with Gasteiger partial charge in [0.1, 0.15) is 10.9 Å². The van der Waals surface area contributed by atoms with Gasteiger partial charge in [-0.05, 0) is 58.9 Å². The lowest BCUT2D eigenvalue weighted by Crippen LogP contribution is -2.52. The molecule has 1 heterocycles. The first-order chi connectivity index (χ1) is 15.3. The Morgan fingerprint density at radius 3 is 2.39 bits per heavy atom. The third-order valence-electron chi connectivity index (χ3n) is 5.76. The van der Waals surface area contributed by atoms with Gasteiger partial charge in [0.15, 0.2) is 0 Å². The summed E-state index contributed by atoms with van der Waals surface area (Å²) in [7, 11) is 3.30. The summed E-state index contributed by atoms with van der Waals surface area (Å²) in [6.07, 6.45) is 3.83. The minimum atomic E-state index is -1.13. The molecule has 0 aliphatic heterocycles. The number of anilines is 1. The zero-order valence-corrected chi connectivity index (χ0v) is 21.8. The van der Waals surface area contributed by atoms with Gasteiger partial charge in [-0.2, -0.15) is 0 Å². The van der Waals surface area contributed by atoms with Crippen LogP contribution in [0.4, 0.5) is 5.69 Å². The van der Waals surface area contributed by atoms with Crippen molar-refractivity contribution in [2.24, 2.45) is 17.3 Å². The van der Waals surface area contributed by atoms with E-state index in [0.717, 1.165) is 17.8 Å². The first kappa shape index (κ1) is 26.7. The molecule has 0 fully saturated rings. The third kappa shape index (κ3) is 6.48. The average molecular weight is 473 g/mol. The fourth-order valence-corrected chi connectivity index (χ4v) is 4.89. The number of carbonyl (C=O) groups excluding carboxylic acids is 2. The van der Waals surface area contributed by atoms with Gasteiger partial charge >= 0.3 is 5.97 Å². The van der Waals surface area contributed by atoms with E-state index in [4.69, 9.17) is 0 Å². The molecule has 180 valence electrons. The number of carbonyl (C=O) groups is 3. The number of rotatable bonds is 6. The quantitative estimate of drug-likeness (QED) is 0.465. The van der Waals surface area contributed by atoms with Crippen LogP contribution >= 0.6 is 11.3 Å². The van der Waals surface area contributed by atoms with Gasteiger partial charge in [-0.1, -0.05) is 37.3 Å². The molecule has 0 saturated heterocycles. The van der Waals surface area contributed by atoms with E-state index < -0.39 is 12.0 Å². The lowest BCUT2D eigenvalue weighted by atomic mass is 9.80. The van der Waals surface area contributed by atoms with E-state index in [2.05, 4.69) is 24.8 Å². The fraction of sp³-hybridized carbons (Fsp3) is 0.577. The highest BCUT2D eigenvalue weighted by Crippen LogP contribution is 2.37. The van der Waals surface area contributed by atoms with Crippen LogP contribution in [0.1, 0.15) is 75.4 Å². The number of nitrogens with zero attached hydrogens (tertiary/aromatic N) is 2. The Labute approximate surface area is 201 Å². The van der Waals surface area contributed by atoms with Gasteiger partial charge in [0.05, 0.1) is 10.6 Å². The van der Waals surface area contributed by atoms with E-state index in [1.165, 1.54) is 15.4 Å². The van der Waals surface area contributed by atoms with Crippen LogP contribution in [-0.4, -0.2) is 47.9 Å². The largest absolute Gasteiger partial charge is 0.477 e. The lowest BCUT2D eigenvalue weighted by Gasteiger charge is -2.37. The molecule has 1 N–H and O–H groups in total. The Bertz CT molecular complexity index is 1000. The van der Waals surface area contributed by atoms with Crippen LogP contribution in [0.2, 0.25) is 0 Å². The molecule has 1 aliphatic carbocycles. The molecule has 0 spiro atoms. The Morgan fingerprint density at radius 2 is 1.91 bits per heavy atom. The summed E-state index contributed by atoms with van der Waals surface area (Å²) in [5.74, 6) is 4.41. The van der Waals surface area contributed by atoms with Crippen LogP contribution in [0.5, 0.6) is 0 Å². The highest BCUT2D eigenvalue weighted by molar-refractivity contribution is 7.15. The fourth-order valence-electron chi connectivity index (χ4n) is 4.05. The topological polar surface area (TPSA) is 77.9 Å². The number of likely N-dealkylation sites (N-methyl/N-ethyl adjacent to an activating group) is 1. The average Bonchev–Trinajstić information content (AvgIpc) is 3.13. The minimum Gasteiger partial charge on any atom is -0.477 e. The van der Waals surface area contributed by atoms with Gasteiger partial charge in [0.2, 0.25) is 11.8 Å². The van der Waals surface area contributed by atoms with E-state index in [9.17, 15) is 19.5 Å². The van der Waals surface area contributed by atoms with Crippen LogP contribution in [-0.2, 0) is 9.59 Å². The standard InChI is InChI=1S/C26H36N2O4S/c1-9-20(24(30)27(7)8)28(23(29)19-11-10-16(2)14-17(19)3)21-15-18(12-13-26(4,5)6)33-22(21)25(31)32/h10,15,17,19-20H,9,11,14H2,1-8H3,(H,31,32)/t17-,19-,20-/m0/s1. The molecule has 0 bridgehead atoms. The van der Waals surface area contributed by atoms with E-state index in [1.54, 1.807) is 20.2 Å². The van der Waals surface area contributed by atoms with Gasteiger partial charge < -0.3 is 10.0 Å². The SMILES string of the molecule is CC[C@@H](C(=O)N(C)C)N(C(=O)[C@H]1CC=C(C)C[C@@H]1C)c1cc(C#CC(C)(C)C)sc1C(=O)O. The maximum Gasteiger partial charge on any atom is 0.348 e. The summed E-state index contributed by atoms with van der Waals surface area (Å²) >= 11 is 1.05. The molecule has 33 heavy (non-hydrogen) atoms. The van der Waals surface area contributed by atoms with E-state index >= 15 is 0 Å². The molecule has 2 amide bonds. The van der Waals surface area contributed by atoms with Gasteiger partial charge in [0, 0.05) is 25.4 Å². The van der Waals surface area contributed by atoms with E-state index in [0.29, 0.717) is 17.7 Å². The molecule has 0 aromatic carbocycles. The smallest absolute Gasteiger partial charge is 0.348 e. The van der Waals surface area contributed by atoms with Crippen molar-refractivity contribution in [3.63, 3.8) is 0 Å². The molecule has 0 saturated carbocycles. The zero-order valence-electron chi connectivity index (χ0n) is 21.0. The Kier molecular flexibility index (Phi) is 8.53. The second-order valence-electron chi connectivity index (χ2n) is 10.1. The molecule has 6 nitrogen and oxygen atoms in total. The maximum absolute atomic E-state index is 13.9. The van der Waals surface area contributed by atoms with Crippen LogP contribution < -0.4 is 4.90 Å². The third-order valence-corrected chi connectivity index (χ3v) is 6.78. The summed E-state index contributed by atoms with van der Waals surface area (Å²) in [5, 5.41) is 9.96. The van der Waals surface area contributed by atoms with E-state index in [1.807, 2.05) is 34.6 Å². The monoisotopic (exact) mass is 472 g/mol. The molecule has 0 unspecified atom stereocenters. The van der Waals surface area contributed by atoms with Crippen LogP contribution in [0.3, 0.4) is 0 Å². The van der Waals surface area contributed by atoms with Crippen molar-refractivity contribution >= 4 is 34.8 Å². The lowest BCUT2D eigenvalue weighted by molar-refractivity contribution is -0.133. The van der Waals surface area contributed by atoms with Crippen molar-refractivity contribution in [2.45, 2.75) is 66.8 Å². The predicted molar refractivity (Wildman–Crippen MR) is 134 cm³/mol. The summed E-state index contributed by atoms with van der Waals surface area (Å²) in [6.45, 7) is 11.9. The van der Waals surface area contributed by atoms with Crippen molar-refractivity contribution in [1.82, 2.24) is 4.90 Å². The van der Waals surface area contributed by atoms with Gasteiger partial charge in [-0.25, -0.2) is 4.79 Å². The Hall–Kier alpha value is -2.59. The van der Waals surface area contributed by atoms with Gasteiger partial charge in [0.25, 0.3) is 0 Å². The van der Waals surface area contributed by atoms with Gasteiger partial charge in [-0.3, -0.25) is 14.5 Å².